The molecule has 1 aromatic heterocycles. The molecule has 4 N–H and O–H groups in total. The van der Waals surface area contributed by atoms with Gasteiger partial charge in [0.1, 0.15) is 6.04 Å². The third kappa shape index (κ3) is 3.43. The largest absolute Gasteiger partial charge is 0.375 e. The zero-order chi connectivity index (χ0) is 19.0. The molecule has 2 aromatic rings. The molecule has 1 saturated heterocycles. The average molecular weight is 385 g/mol. The number of imide groups is 1. The van der Waals surface area contributed by atoms with E-state index in [1.807, 2.05) is 12.1 Å². The lowest BCUT2D eigenvalue weighted by atomic mass is 10.0. The van der Waals surface area contributed by atoms with Crippen LogP contribution in [0.5, 0.6) is 0 Å². The number of aromatic nitrogens is 1. The monoisotopic (exact) mass is 385 g/mol. The number of hydrogen-bond acceptors (Lipinski definition) is 7. The van der Waals surface area contributed by atoms with Crippen molar-refractivity contribution in [2.24, 2.45) is 0 Å². The Balaban J connectivity index is 1.47. The van der Waals surface area contributed by atoms with Crippen LogP contribution in [0.3, 0.4) is 0 Å². The molecule has 1 fully saturated rings. The number of benzene rings is 1. The predicted molar refractivity (Wildman–Crippen MR) is 99.6 cm³/mol. The van der Waals surface area contributed by atoms with Crippen LogP contribution in [0, 0.1) is 0 Å². The number of thiazole rings is 1. The third-order valence-electron chi connectivity index (χ3n) is 4.87. The molecule has 0 saturated carbocycles. The van der Waals surface area contributed by atoms with Gasteiger partial charge in [-0.1, -0.05) is 12.1 Å². The molecule has 3 amide bonds. The van der Waals surface area contributed by atoms with Crippen molar-refractivity contribution in [3.63, 3.8) is 0 Å². The van der Waals surface area contributed by atoms with Crippen LogP contribution in [0.1, 0.15) is 39.2 Å². The van der Waals surface area contributed by atoms with Gasteiger partial charge in [0.15, 0.2) is 5.13 Å². The number of hydrogen-bond donors (Lipinski definition) is 3. The number of nitrogens with one attached hydrogen (secondary N) is 2. The highest BCUT2D eigenvalue weighted by atomic mass is 32.1. The SMILES string of the molecule is Nc1ncc(CNCc2cccc3c2CN(C2CCC(=O)NC2=O)C3=O)s1. The average Bonchev–Trinajstić information content (AvgIpc) is 3.19. The van der Waals surface area contributed by atoms with E-state index < -0.39 is 11.9 Å². The van der Waals surface area contributed by atoms with Crippen LogP contribution in [0.2, 0.25) is 0 Å². The fourth-order valence-corrected chi connectivity index (χ4v) is 4.19. The minimum absolute atomic E-state index is 0.156. The number of nitrogens with zero attached hydrogens (tertiary/aromatic N) is 2. The molecule has 0 bridgehead atoms. The molecule has 0 aliphatic carbocycles. The highest BCUT2D eigenvalue weighted by molar-refractivity contribution is 7.15. The molecule has 0 radical (unpaired) electrons. The summed E-state index contributed by atoms with van der Waals surface area (Å²) >= 11 is 1.44. The molecule has 8 nitrogen and oxygen atoms in total. The van der Waals surface area contributed by atoms with Gasteiger partial charge in [0.25, 0.3) is 5.91 Å². The molecular weight excluding hydrogens is 366 g/mol. The van der Waals surface area contributed by atoms with E-state index in [4.69, 9.17) is 5.73 Å². The summed E-state index contributed by atoms with van der Waals surface area (Å²) in [6.07, 6.45) is 2.37. The first-order chi connectivity index (χ1) is 13.0. The lowest BCUT2D eigenvalue weighted by molar-refractivity contribution is -0.136. The van der Waals surface area contributed by atoms with Crippen LogP contribution >= 0.6 is 11.3 Å². The van der Waals surface area contributed by atoms with Gasteiger partial charge < -0.3 is 16.0 Å². The molecule has 0 spiro atoms. The van der Waals surface area contributed by atoms with E-state index in [2.05, 4.69) is 15.6 Å². The Morgan fingerprint density at radius 1 is 1.30 bits per heavy atom. The standard InChI is InChI=1S/C18H19N5O3S/c19-18-21-8-11(27-18)7-20-6-10-2-1-3-12-13(10)9-23(17(12)26)14-4-5-15(24)22-16(14)25/h1-3,8,14,20H,4-7,9H2,(H2,19,21)(H,22,24,25). The second-order valence-electron chi connectivity index (χ2n) is 6.61. The molecule has 1 unspecified atom stereocenters. The Bertz CT molecular complexity index is 925. The summed E-state index contributed by atoms with van der Waals surface area (Å²) in [5, 5.41) is 6.21. The van der Waals surface area contributed by atoms with E-state index in [-0.39, 0.29) is 18.2 Å². The van der Waals surface area contributed by atoms with Crippen LogP contribution in [-0.4, -0.2) is 33.6 Å². The van der Waals surface area contributed by atoms with Crippen LogP contribution in [0.15, 0.2) is 24.4 Å². The van der Waals surface area contributed by atoms with Crippen molar-refractivity contribution >= 4 is 34.2 Å². The summed E-state index contributed by atoms with van der Waals surface area (Å²) in [7, 11) is 0. The fourth-order valence-electron chi connectivity index (χ4n) is 3.54. The quantitative estimate of drug-likeness (QED) is 0.655. The zero-order valence-corrected chi connectivity index (χ0v) is 15.3. The van der Waals surface area contributed by atoms with Gasteiger partial charge >= 0.3 is 0 Å². The smallest absolute Gasteiger partial charge is 0.255 e. The molecule has 9 heteroatoms. The summed E-state index contributed by atoms with van der Waals surface area (Å²) in [5.74, 6) is -0.833. The van der Waals surface area contributed by atoms with Gasteiger partial charge in [-0.2, -0.15) is 0 Å². The molecule has 27 heavy (non-hydrogen) atoms. The van der Waals surface area contributed by atoms with E-state index in [0.717, 1.165) is 16.0 Å². The molecular formula is C18H19N5O3S. The zero-order valence-electron chi connectivity index (χ0n) is 14.5. The minimum atomic E-state index is -0.594. The Morgan fingerprint density at radius 2 is 2.15 bits per heavy atom. The Labute approximate surface area is 159 Å². The first-order valence-electron chi connectivity index (χ1n) is 8.69. The van der Waals surface area contributed by atoms with Crippen molar-refractivity contribution in [2.45, 2.75) is 38.5 Å². The second kappa shape index (κ2) is 7.09. The van der Waals surface area contributed by atoms with E-state index in [0.29, 0.717) is 36.8 Å². The molecule has 4 rings (SSSR count). The highest BCUT2D eigenvalue weighted by Gasteiger charge is 2.39. The van der Waals surface area contributed by atoms with E-state index >= 15 is 0 Å². The molecule has 2 aliphatic heterocycles. The number of anilines is 1. The Kier molecular flexibility index (Phi) is 4.63. The summed E-state index contributed by atoms with van der Waals surface area (Å²) in [4.78, 5) is 43.0. The van der Waals surface area contributed by atoms with Crippen molar-refractivity contribution in [2.75, 3.05) is 5.73 Å². The van der Waals surface area contributed by atoms with Gasteiger partial charge in [0.2, 0.25) is 11.8 Å². The first-order valence-corrected chi connectivity index (χ1v) is 9.51. The van der Waals surface area contributed by atoms with Crippen molar-refractivity contribution in [1.29, 1.82) is 0 Å². The number of fused-ring (bicyclic) bond motifs is 1. The number of amides is 3. The van der Waals surface area contributed by atoms with E-state index in [9.17, 15) is 14.4 Å². The topological polar surface area (TPSA) is 117 Å². The number of carbonyl (C=O) groups is 3. The van der Waals surface area contributed by atoms with Crippen LogP contribution in [-0.2, 0) is 29.2 Å². The lowest BCUT2D eigenvalue weighted by Crippen LogP contribution is -2.52. The lowest BCUT2D eigenvalue weighted by Gasteiger charge is -2.29. The van der Waals surface area contributed by atoms with E-state index in [1.165, 1.54) is 11.3 Å². The predicted octanol–water partition coefficient (Wildman–Crippen LogP) is 0.776. The highest BCUT2D eigenvalue weighted by Crippen LogP contribution is 2.29. The minimum Gasteiger partial charge on any atom is -0.375 e. The third-order valence-corrected chi connectivity index (χ3v) is 5.69. The summed E-state index contributed by atoms with van der Waals surface area (Å²) in [6, 6.07) is 5.03. The van der Waals surface area contributed by atoms with Crippen LogP contribution < -0.4 is 16.4 Å². The number of nitrogen functional groups attached to an aromatic ring is 1. The van der Waals surface area contributed by atoms with Crippen LogP contribution in [0.25, 0.3) is 0 Å². The maximum absolute atomic E-state index is 12.8. The molecule has 2 aliphatic rings. The number of carbonyl (C=O) groups excluding carboxylic acids is 3. The molecule has 1 aromatic carbocycles. The van der Waals surface area contributed by atoms with E-state index in [1.54, 1.807) is 17.2 Å². The second-order valence-corrected chi connectivity index (χ2v) is 7.76. The van der Waals surface area contributed by atoms with Gasteiger partial charge in [-0.05, 0) is 23.6 Å². The number of piperidine rings is 1. The van der Waals surface area contributed by atoms with Gasteiger partial charge in [-0.25, -0.2) is 4.98 Å². The van der Waals surface area contributed by atoms with Gasteiger partial charge in [-0.15, -0.1) is 11.3 Å². The first kappa shape index (κ1) is 17.6. The number of nitrogens with two attached hydrogens (primary N) is 1. The van der Waals surface area contributed by atoms with Crippen molar-refractivity contribution in [3.8, 4) is 0 Å². The maximum atomic E-state index is 12.8. The van der Waals surface area contributed by atoms with Crippen molar-refractivity contribution < 1.29 is 14.4 Å². The summed E-state index contributed by atoms with van der Waals surface area (Å²) in [5.41, 5.74) is 8.22. The summed E-state index contributed by atoms with van der Waals surface area (Å²) in [6.45, 7) is 1.62. The van der Waals surface area contributed by atoms with Crippen molar-refractivity contribution in [1.82, 2.24) is 20.5 Å². The Hall–Kier alpha value is -2.78. The molecule has 140 valence electrons. The molecule has 3 heterocycles. The Morgan fingerprint density at radius 3 is 2.89 bits per heavy atom. The van der Waals surface area contributed by atoms with Gasteiger partial charge in [0, 0.05) is 42.7 Å². The number of rotatable bonds is 5. The normalized spacial score (nSPS) is 19.3. The summed E-state index contributed by atoms with van der Waals surface area (Å²) < 4.78 is 0. The van der Waals surface area contributed by atoms with Crippen molar-refractivity contribution in [3.05, 3.63) is 46.0 Å². The molecule has 1 atom stereocenters. The van der Waals surface area contributed by atoms with Gasteiger partial charge in [-0.3, -0.25) is 19.7 Å². The fraction of sp³-hybridized carbons (Fsp3) is 0.333. The van der Waals surface area contributed by atoms with Gasteiger partial charge in [0.05, 0.1) is 0 Å². The van der Waals surface area contributed by atoms with Crippen LogP contribution in [0.4, 0.5) is 5.13 Å². The maximum Gasteiger partial charge on any atom is 0.255 e.